The van der Waals surface area contributed by atoms with Gasteiger partial charge >= 0.3 is 11.8 Å². The van der Waals surface area contributed by atoms with E-state index in [1.807, 2.05) is 0 Å². The van der Waals surface area contributed by atoms with E-state index in [0.717, 1.165) is 19.8 Å². The van der Waals surface area contributed by atoms with Gasteiger partial charge in [-0.1, -0.05) is 29.8 Å². The molecule has 0 unspecified atom stereocenters. The normalized spacial score (nSPS) is 12.3. The summed E-state index contributed by atoms with van der Waals surface area (Å²) in [6, 6.07) is 11.0. The third-order valence-corrected chi connectivity index (χ3v) is 7.56. The Kier molecular flexibility index (Phi) is 7.46. The molecule has 0 atom stereocenters. The summed E-state index contributed by atoms with van der Waals surface area (Å²) >= 11 is 5.97. The van der Waals surface area contributed by atoms with E-state index in [2.05, 4.69) is 9.72 Å². The molecule has 202 valence electrons. The summed E-state index contributed by atoms with van der Waals surface area (Å²) < 4.78 is 62.0. The van der Waals surface area contributed by atoms with E-state index in [1.54, 1.807) is 24.3 Å². The molecule has 4 rings (SSSR count). The average molecular weight is 569 g/mol. The molecular weight excluding hydrogens is 546 g/mol. The first-order chi connectivity index (χ1) is 17.8. The van der Waals surface area contributed by atoms with Crippen LogP contribution < -0.4 is 16.0 Å². The molecule has 1 N–H and O–H groups in total. The van der Waals surface area contributed by atoms with Crippen LogP contribution in [0.3, 0.4) is 0 Å². The number of ether oxygens (including phenoxy) is 1. The number of rotatable bonds is 9. The van der Waals surface area contributed by atoms with Crippen molar-refractivity contribution in [3.05, 3.63) is 80.0 Å². The molecule has 2 aromatic heterocycles. The molecule has 0 aliphatic rings. The number of hydrogen-bond donors (Lipinski definition) is 1. The van der Waals surface area contributed by atoms with Crippen LogP contribution in [0.5, 0.6) is 5.75 Å². The van der Waals surface area contributed by atoms with Gasteiger partial charge in [0, 0.05) is 32.1 Å². The van der Waals surface area contributed by atoms with Crippen LogP contribution >= 0.6 is 11.6 Å². The molecular formula is C24H23ClF2N4O6S. The Balaban J connectivity index is 2.00. The van der Waals surface area contributed by atoms with Gasteiger partial charge in [-0.15, -0.1) is 0 Å². The van der Waals surface area contributed by atoms with Crippen LogP contribution in [0, 0.1) is 0 Å². The van der Waals surface area contributed by atoms with E-state index < -0.39 is 43.0 Å². The van der Waals surface area contributed by atoms with Gasteiger partial charge in [-0.2, -0.15) is 13.8 Å². The summed E-state index contributed by atoms with van der Waals surface area (Å²) in [5.74, 6) is -0.391. The molecule has 0 saturated heterocycles. The summed E-state index contributed by atoms with van der Waals surface area (Å²) in [6.07, 6.45) is -3.44. The third-order valence-electron chi connectivity index (χ3n) is 5.64. The number of nitrogens with zero attached hydrogens (tertiary/aromatic N) is 4. The van der Waals surface area contributed by atoms with E-state index in [4.69, 9.17) is 11.6 Å². The molecule has 0 fully saturated rings. The summed E-state index contributed by atoms with van der Waals surface area (Å²) in [5.41, 5.74) is -1.30. The summed E-state index contributed by atoms with van der Waals surface area (Å²) in [6.45, 7) is 0.00420. The van der Waals surface area contributed by atoms with Gasteiger partial charge in [0.25, 0.3) is 5.56 Å². The van der Waals surface area contributed by atoms with Crippen molar-refractivity contribution in [1.29, 1.82) is 0 Å². The largest absolute Gasteiger partial charge is 0.433 e. The zero-order valence-corrected chi connectivity index (χ0v) is 21.8. The molecule has 0 saturated carbocycles. The van der Waals surface area contributed by atoms with Gasteiger partial charge in [0.2, 0.25) is 15.0 Å². The molecule has 10 nitrogen and oxygen atoms in total. The van der Waals surface area contributed by atoms with Gasteiger partial charge in [0.1, 0.15) is 5.75 Å². The minimum absolute atomic E-state index is 0.100. The Morgan fingerprint density at radius 1 is 1.11 bits per heavy atom. The van der Waals surface area contributed by atoms with Crippen LogP contribution in [-0.2, 0) is 30.0 Å². The fraction of sp³-hybridized carbons (Fsp3) is 0.292. The molecule has 2 heterocycles. The fourth-order valence-electron chi connectivity index (χ4n) is 3.92. The van der Waals surface area contributed by atoms with Crippen molar-refractivity contribution in [3.8, 4) is 5.75 Å². The van der Waals surface area contributed by atoms with Crippen molar-refractivity contribution >= 4 is 32.6 Å². The second-order valence-electron chi connectivity index (χ2n) is 8.54. The molecule has 0 aliphatic heterocycles. The van der Waals surface area contributed by atoms with Gasteiger partial charge in [-0.05, 0) is 42.3 Å². The van der Waals surface area contributed by atoms with Crippen LogP contribution in [0.4, 0.5) is 8.78 Å². The second-order valence-corrected chi connectivity index (χ2v) is 10.8. The van der Waals surface area contributed by atoms with Crippen molar-refractivity contribution in [2.24, 2.45) is 7.05 Å². The van der Waals surface area contributed by atoms with Gasteiger partial charge in [0.05, 0.1) is 11.4 Å². The number of aromatic nitrogens is 4. The van der Waals surface area contributed by atoms with Crippen molar-refractivity contribution in [1.82, 2.24) is 18.7 Å². The molecule has 0 aliphatic carbocycles. The lowest BCUT2D eigenvalue weighted by Gasteiger charge is -2.14. The summed E-state index contributed by atoms with van der Waals surface area (Å²) in [7, 11) is -3.18. The zero-order valence-electron chi connectivity index (χ0n) is 20.3. The molecule has 0 bridgehead atoms. The lowest BCUT2D eigenvalue weighted by atomic mass is 10.2. The molecule has 2 aromatic carbocycles. The average Bonchev–Trinajstić information content (AvgIpc) is 3.23. The van der Waals surface area contributed by atoms with Crippen molar-refractivity contribution in [3.63, 3.8) is 0 Å². The lowest BCUT2D eigenvalue weighted by molar-refractivity contribution is -0.159. The standard InChI is InChI=1S/C24H23ClF2N4O6S/c1-24(26,27)37-17-5-3-6-18(13-17)38(35,36)22-28-20-19(31(22)14-15-7-9-16(25)10-8-15)21(33)30(11-4-12-32)23(34)29(20)2/h3,5-10,13,32H,4,11-12,14H2,1-2H3. The van der Waals surface area contributed by atoms with Gasteiger partial charge in [0.15, 0.2) is 11.2 Å². The highest BCUT2D eigenvalue weighted by atomic mass is 35.5. The van der Waals surface area contributed by atoms with Gasteiger partial charge in [-0.25, -0.2) is 13.2 Å². The lowest BCUT2D eigenvalue weighted by Crippen LogP contribution is -2.40. The predicted molar refractivity (Wildman–Crippen MR) is 135 cm³/mol. The minimum Gasteiger partial charge on any atom is -0.433 e. The number of aliphatic hydroxyl groups is 1. The van der Waals surface area contributed by atoms with E-state index in [0.29, 0.717) is 17.5 Å². The van der Waals surface area contributed by atoms with E-state index in [1.165, 1.54) is 25.2 Å². The monoisotopic (exact) mass is 568 g/mol. The number of aryl methyl sites for hydroxylation is 1. The number of hydrogen-bond acceptors (Lipinski definition) is 7. The maximum Gasteiger partial charge on any atom is 0.394 e. The van der Waals surface area contributed by atoms with Crippen LogP contribution in [0.2, 0.25) is 5.02 Å². The van der Waals surface area contributed by atoms with Crippen molar-refractivity contribution in [2.45, 2.75) is 42.6 Å². The van der Waals surface area contributed by atoms with Crippen LogP contribution in [0.1, 0.15) is 18.9 Å². The highest BCUT2D eigenvalue weighted by Gasteiger charge is 2.31. The Hall–Kier alpha value is -3.55. The molecule has 0 radical (unpaired) electrons. The zero-order chi connectivity index (χ0) is 27.8. The van der Waals surface area contributed by atoms with Crippen molar-refractivity contribution < 1.29 is 27.0 Å². The van der Waals surface area contributed by atoms with Gasteiger partial charge < -0.3 is 14.4 Å². The maximum atomic E-state index is 13.8. The predicted octanol–water partition coefficient (Wildman–Crippen LogP) is 2.81. The minimum atomic E-state index is -4.52. The summed E-state index contributed by atoms with van der Waals surface area (Å²) in [4.78, 5) is 30.1. The Bertz CT molecular complexity index is 1720. The number of alkyl halides is 2. The third kappa shape index (κ3) is 5.35. The van der Waals surface area contributed by atoms with Crippen LogP contribution in [0.15, 0.2) is 68.2 Å². The fourth-order valence-corrected chi connectivity index (χ4v) is 5.44. The first kappa shape index (κ1) is 27.5. The number of sulfone groups is 1. The maximum absolute atomic E-state index is 13.8. The summed E-state index contributed by atoms with van der Waals surface area (Å²) in [5, 5.41) is 9.07. The number of aliphatic hydroxyl groups excluding tert-OH is 1. The first-order valence-electron chi connectivity index (χ1n) is 11.3. The topological polar surface area (TPSA) is 125 Å². The van der Waals surface area contributed by atoms with E-state index in [-0.39, 0.29) is 37.3 Å². The molecule has 14 heteroatoms. The number of halogens is 3. The first-order valence-corrected chi connectivity index (χ1v) is 13.2. The highest BCUT2D eigenvalue weighted by Crippen LogP contribution is 2.29. The smallest absolute Gasteiger partial charge is 0.394 e. The Morgan fingerprint density at radius 3 is 2.42 bits per heavy atom. The second kappa shape index (κ2) is 10.3. The highest BCUT2D eigenvalue weighted by molar-refractivity contribution is 7.91. The molecule has 38 heavy (non-hydrogen) atoms. The quantitative estimate of drug-likeness (QED) is 0.329. The van der Waals surface area contributed by atoms with E-state index >= 15 is 0 Å². The number of imidazole rings is 1. The van der Waals surface area contributed by atoms with E-state index in [9.17, 15) is 31.9 Å². The SMILES string of the molecule is Cn1c(=O)n(CCCO)c(=O)c2c1nc(S(=O)(=O)c1cccc(OC(C)(F)F)c1)n2Cc1ccc(Cl)cc1. The van der Waals surface area contributed by atoms with Crippen LogP contribution in [-0.4, -0.2) is 44.9 Å². The molecule has 0 spiro atoms. The molecule has 0 amide bonds. The van der Waals surface area contributed by atoms with Gasteiger partial charge in [-0.3, -0.25) is 13.9 Å². The Labute approximate surface area is 220 Å². The van der Waals surface area contributed by atoms with Crippen LogP contribution in [0.25, 0.3) is 11.2 Å². The molecule has 4 aromatic rings. The Morgan fingerprint density at radius 2 is 1.79 bits per heavy atom. The number of fused-ring (bicyclic) bond motifs is 1. The number of benzene rings is 2. The van der Waals surface area contributed by atoms with Crippen molar-refractivity contribution in [2.75, 3.05) is 6.61 Å².